The largest absolute Gasteiger partial charge is 0.470 e. The van der Waals surface area contributed by atoms with E-state index in [-0.39, 0.29) is 12.0 Å². The van der Waals surface area contributed by atoms with Crippen molar-refractivity contribution in [2.45, 2.75) is 12.5 Å². The molecule has 2 rings (SSSR count). The van der Waals surface area contributed by atoms with E-state index in [1.807, 2.05) is 30.3 Å². The lowest BCUT2D eigenvalue weighted by atomic mass is 10.0. The molecule has 78 valence electrons. The lowest BCUT2D eigenvalue weighted by Gasteiger charge is -2.10. The van der Waals surface area contributed by atoms with Crippen LogP contribution in [0.2, 0.25) is 0 Å². The van der Waals surface area contributed by atoms with Crippen LogP contribution < -0.4 is 11.5 Å². The van der Waals surface area contributed by atoms with Crippen LogP contribution in [0.3, 0.4) is 0 Å². The standard InChI is InChI=1S/C11H12N2O2/c12-10(14)8-6-9(15-11(8)13)7-4-2-1-3-5-7/h1-5,9H,6,13H2,(H2,12,14). The van der Waals surface area contributed by atoms with Crippen LogP contribution >= 0.6 is 0 Å². The van der Waals surface area contributed by atoms with Crippen LogP contribution in [0.1, 0.15) is 18.1 Å². The second-order valence-corrected chi connectivity index (χ2v) is 3.43. The molecule has 4 heteroatoms. The van der Waals surface area contributed by atoms with E-state index in [2.05, 4.69) is 0 Å². The van der Waals surface area contributed by atoms with Gasteiger partial charge in [0.2, 0.25) is 5.91 Å². The van der Waals surface area contributed by atoms with Gasteiger partial charge in [-0.2, -0.15) is 0 Å². The van der Waals surface area contributed by atoms with Crippen LogP contribution in [-0.4, -0.2) is 5.91 Å². The van der Waals surface area contributed by atoms with Gasteiger partial charge in [-0.1, -0.05) is 30.3 Å². The van der Waals surface area contributed by atoms with Crippen LogP contribution in [0.25, 0.3) is 0 Å². The lowest BCUT2D eigenvalue weighted by molar-refractivity contribution is -0.114. The maximum atomic E-state index is 11.0. The highest BCUT2D eigenvalue weighted by molar-refractivity contribution is 5.92. The third-order valence-electron chi connectivity index (χ3n) is 2.42. The fourth-order valence-corrected chi connectivity index (χ4v) is 1.63. The SMILES string of the molecule is NC(=O)C1=C(N)OC(c2ccccc2)C1. The van der Waals surface area contributed by atoms with Gasteiger partial charge in [0, 0.05) is 6.42 Å². The van der Waals surface area contributed by atoms with Crippen molar-refractivity contribution in [2.75, 3.05) is 0 Å². The van der Waals surface area contributed by atoms with Crippen molar-refractivity contribution in [1.82, 2.24) is 0 Å². The monoisotopic (exact) mass is 204 g/mol. The second kappa shape index (κ2) is 3.65. The van der Waals surface area contributed by atoms with E-state index in [9.17, 15) is 4.79 Å². The fraction of sp³-hybridized carbons (Fsp3) is 0.182. The summed E-state index contributed by atoms with van der Waals surface area (Å²) >= 11 is 0. The minimum absolute atomic E-state index is 0.149. The van der Waals surface area contributed by atoms with E-state index in [4.69, 9.17) is 16.2 Å². The predicted octanol–water partition coefficient (Wildman–Crippen LogP) is 0.804. The van der Waals surface area contributed by atoms with Gasteiger partial charge in [0.1, 0.15) is 6.10 Å². The van der Waals surface area contributed by atoms with Crippen molar-refractivity contribution in [2.24, 2.45) is 11.5 Å². The molecule has 1 aromatic rings. The number of rotatable bonds is 2. The summed E-state index contributed by atoms with van der Waals surface area (Å²) in [7, 11) is 0. The summed E-state index contributed by atoms with van der Waals surface area (Å²) in [5.74, 6) is -0.359. The van der Waals surface area contributed by atoms with Crippen molar-refractivity contribution in [3.63, 3.8) is 0 Å². The summed E-state index contributed by atoms with van der Waals surface area (Å²) in [6, 6.07) is 9.61. The Morgan fingerprint density at radius 3 is 2.53 bits per heavy atom. The highest BCUT2D eigenvalue weighted by Gasteiger charge is 2.28. The van der Waals surface area contributed by atoms with Crippen LogP contribution in [0.15, 0.2) is 41.8 Å². The minimum Gasteiger partial charge on any atom is -0.470 e. The first kappa shape index (κ1) is 9.58. The summed E-state index contributed by atoms with van der Waals surface area (Å²) in [5, 5.41) is 0. The topological polar surface area (TPSA) is 78.3 Å². The third kappa shape index (κ3) is 1.79. The molecule has 1 atom stereocenters. The highest BCUT2D eigenvalue weighted by Crippen LogP contribution is 2.33. The smallest absolute Gasteiger partial charge is 0.250 e. The average Bonchev–Trinajstić information content (AvgIpc) is 2.62. The zero-order chi connectivity index (χ0) is 10.8. The Bertz CT molecular complexity index is 412. The minimum atomic E-state index is -0.508. The van der Waals surface area contributed by atoms with Gasteiger partial charge in [0.25, 0.3) is 0 Å². The maximum Gasteiger partial charge on any atom is 0.250 e. The van der Waals surface area contributed by atoms with Crippen LogP contribution in [-0.2, 0) is 9.53 Å². The van der Waals surface area contributed by atoms with Crippen LogP contribution in [0.4, 0.5) is 0 Å². The molecule has 1 amide bonds. The van der Waals surface area contributed by atoms with Crippen LogP contribution in [0.5, 0.6) is 0 Å². The molecule has 4 N–H and O–H groups in total. The number of primary amides is 1. The van der Waals surface area contributed by atoms with Crippen LogP contribution in [0, 0.1) is 0 Å². The van der Waals surface area contributed by atoms with Gasteiger partial charge in [-0.25, -0.2) is 0 Å². The van der Waals surface area contributed by atoms with E-state index in [0.29, 0.717) is 12.0 Å². The second-order valence-electron chi connectivity index (χ2n) is 3.43. The molecule has 1 aliphatic rings. The van der Waals surface area contributed by atoms with Gasteiger partial charge in [0.15, 0.2) is 5.88 Å². The maximum absolute atomic E-state index is 11.0. The normalized spacial score (nSPS) is 20.1. The lowest BCUT2D eigenvalue weighted by Crippen LogP contribution is -2.15. The Hall–Kier alpha value is -1.97. The van der Waals surface area contributed by atoms with Gasteiger partial charge in [-0.15, -0.1) is 0 Å². The quantitative estimate of drug-likeness (QED) is 0.748. The number of nitrogens with two attached hydrogens (primary N) is 2. The Morgan fingerprint density at radius 2 is 2.00 bits per heavy atom. The molecule has 15 heavy (non-hydrogen) atoms. The first-order valence-corrected chi connectivity index (χ1v) is 4.68. The van der Waals surface area contributed by atoms with E-state index >= 15 is 0 Å². The Morgan fingerprint density at radius 1 is 1.33 bits per heavy atom. The van der Waals surface area contributed by atoms with Gasteiger partial charge in [-0.05, 0) is 5.56 Å². The van der Waals surface area contributed by atoms with Gasteiger partial charge in [0.05, 0.1) is 5.57 Å². The van der Waals surface area contributed by atoms with Gasteiger partial charge < -0.3 is 16.2 Å². The Balaban J connectivity index is 2.17. The van der Waals surface area contributed by atoms with E-state index in [1.54, 1.807) is 0 Å². The molecule has 1 unspecified atom stereocenters. The predicted molar refractivity (Wildman–Crippen MR) is 55.3 cm³/mol. The molecular formula is C11H12N2O2. The third-order valence-corrected chi connectivity index (χ3v) is 2.42. The molecule has 0 bridgehead atoms. The molecule has 0 fully saturated rings. The molecule has 1 aromatic carbocycles. The summed E-state index contributed by atoms with van der Waals surface area (Å²) in [6.45, 7) is 0. The first-order chi connectivity index (χ1) is 7.18. The van der Waals surface area contributed by atoms with Crippen molar-refractivity contribution < 1.29 is 9.53 Å². The molecule has 0 radical (unpaired) electrons. The number of benzene rings is 1. The molecule has 0 aromatic heterocycles. The highest BCUT2D eigenvalue weighted by atomic mass is 16.5. The first-order valence-electron chi connectivity index (χ1n) is 4.68. The summed E-state index contributed by atoms with van der Waals surface area (Å²) in [4.78, 5) is 11.0. The fourth-order valence-electron chi connectivity index (χ4n) is 1.63. The van der Waals surface area contributed by atoms with E-state index < -0.39 is 5.91 Å². The van der Waals surface area contributed by atoms with Crippen molar-refractivity contribution in [1.29, 1.82) is 0 Å². The number of hydrogen-bond acceptors (Lipinski definition) is 3. The number of hydrogen-bond donors (Lipinski definition) is 2. The van der Waals surface area contributed by atoms with Gasteiger partial charge in [-0.3, -0.25) is 4.79 Å². The van der Waals surface area contributed by atoms with Crippen molar-refractivity contribution in [3.8, 4) is 0 Å². The van der Waals surface area contributed by atoms with E-state index in [0.717, 1.165) is 5.56 Å². The molecule has 1 heterocycles. The van der Waals surface area contributed by atoms with Crippen molar-refractivity contribution >= 4 is 5.91 Å². The zero-order valence-electron chi connectivity index (χ0n) is 8.14. The molecular weight excluding hydrogens is 192 g/mol. The Kier molecular flexibility index (Phi) is 2.33. The molecule has 0 aliphatic carbocycles. The zero-order valence-corrected chi connectivity index (χ0v) is 8.14. The average molecular weight is 204 g/mol. The number of ether oxygens (including phenoxy) is 1. The Labute approximate surface area is 87.5 Å². The van der Waals surface area contributed by atoms with E-state index in [1.165, 1.54) is 0 Å². The molecule has 0 saturated carbocycles. The summed E-state index contributed by atoms with van der Waals surface area (Å²) in [6.07, 6.45) is 0.263. The van der Waals surface area contributed by atoms with Gasteiger partial charge >= 0.3 is 0 Å². The molecule has 4 nitrogen and oxygen atoms in total. The molecule has 1 aliphatic heterocycles. The number of amides is 1. The summed E-state index contributed by atoms with van der Waals surface area (Å²) < 4.78 is 5.38. The number of carbonyl (C=O) groups excluding carboxylic acids is 1. The number of carbonyl (C=O) groups is 1. The van der Waals surface area contributed by atoms with Crippen molar-refractivity contribution in [3.05, 3.63) is 47.4 Å². The molecule has 0 saturated heterocycles. The summed E-state index contributed by atoms with van der Waals surface area (Å²) in [5.41, 5.74) is 12.1. The molecule has 0 spiro atoms.